The van der Waals surface area contributed by atoms with Crippen molar-refractivity contribution in [1.29, 1.82) is 0 Å². The first-order valence-corrected chi connectivity index (χ1v) is 8.64. The third kappa shape index (κ3) is 5.16. The zero-order valence-corrected chi connectivity index (χ0v) is 14.2. The lowest BCUT2D eigenvalue weighted by Gasteiger charge is -2.32. The van der Waals surface area contributed by atoms with E-state index in [1.807, 2.05) is 36.4 Å². The van der Waals surface area contributed by atoms with Crippen molar-refractivity contribution in [2.24, 2.45) is 0 Å². The van der Waals surface area contributed by atoms with Gasteiger partial charge in [-0.25, -0.2) is 0 Å². The van der Waals surface area contributed by atoms with Crippen LogP contribution in [0.4, 0.5) is 5.69 Å². The third-order valence-corrected chi connectivity index (χ3v) is 4.41. The van der Waals surface area contributed by atoms with Crippen LogP contribution < -0.4 is 10.6 Å². The van der Waals surface area contributed by atoms with Crippen LogP contribution in [0.3, 0.4) is 0 Å². The van der Waals surface area contributed by atoms with E-state index in [1.165, 1.54) is 5.56 Å². The fourth-order valence-corrected chi connectivity index (χ4v) is 3.04. The summed E-state index contributed by atoms with van der Waals surface area (Å²) in [4.78, 5) is 26.4. The van der Waals surface area contributed by atoms with E-state index < -0.39 is 11.8 Å². The Hall–Kier alpha value is -2.66. The number of hydrogen-bond acceptors (Lipinski definition) is 3. The minimum absolute atomic E-state index is 0.0565. The number of amides is 2. The van der Waals surface area contributed by atoms with E-state index in [4.69, 9.17) is 0 Å². The van der Waals surface area contributed by atoms with Gasteiger partial charge in [0.25, 0.3) is 0 Å². The fraction of sp³-hybridized carbons (Fsp3) is 0.300. The van der Waals surface area contributed by atoms with Gasteiger partial charge in [-0.05, 0) is 30.5 Å². The first-order valence-electron chi connectivity index (χ1n) is 8.64. The van der Waals surface area contributed by atoms with Crippen LogP contribution in [0.1, 0.15) is 18.4 Å². The Kier molecular flexibility index (Phi) is 5.80. The highest BCUT2D eigenvalue weighted by molar-refractivity contribution is 6.39. The first kappa shape index (κ1) is 17.2. The number of rotatable bonds is 4. The number of hydrogen-bond donors (Lipinski definition) is 2. The third-order valence-electron chi connectivity index (χ3n) is 4.41. The van der Waals surface area contributed by atoms with E-state index >= 15 is 0 Å². The van der Waals surface area contributed by atoms with Crippen LogP contribution in [0.5, 0.6) is 0 Å². The van der Waals surface area contributed by atoms with Gasteiger partial charge < -0.3 is 10.6 Å². The minimum Gasteiger partial charge on any atom is -0.345 e. The molecule has 1 aliphatic rings. The van der Waals surface area contributed by atoms with Crippen molar-refractivity contribution >= 4 is 17.5 Å². The molecule has 0 aliphatic carbocycles. The van der Waals surface area contributed by atoms with Crippen molar-refractivity contribution in [3.8, 4) is 0 Å². The number of anilines is 1. The average molecular weight is 337 g/mol. The molecule has 2 aromatic carbocycles. The van der Waals surface area contributed by atoms with E-state index in [-0.39, 0.29) is 6.04 Å². The molecule has 25 heavy (non-hydrogen) atoms. The number of carbonyl (C=O) groups is 2. The van der Waals surface area contributed by atoms with Crippen LogP contribution in [0, 0.1) is 0 Å². The summed E-state index contributed by atoms with van der Waals surface area (Å²) in [6.07, 6.45) is 1.72. The van der Waals surface area contributed by atoms with Crippen molar-refractivity contribution in [3.05, 3.63) is 66.2 Å². The summed E-state index contributed by atoms with van der Waals surface area (Å²) in [5.41, 5.74) is 1.92. The van der Waals surface area contributed by atoms with Crippen LogP contribution in [-0.4, -0.2) is 35.8 Å². The molecule has 1 fully saturated rings. The second kappa shape index (κ2) is 8.44. The predicted octanol–water partition coefficient (Wildman–Crippen LogP) is 2.41. The Balaban J connectivity index is 1.42. The molecule has 1 heterocycles. The lowest BCUT2D eigenvalue weighted by Crippen LogP contribution is -2.47. The van der Waals surface area contributed by atoms with E-state index in [2.05, 4.69) is 27.7 Å². The van der Waals surface area contributed by atoms with Crippen molar-refractivity contribution < 1.29 is 9.59 Å². The minimum atomic E-state index is -0.613. The molecule has 2 aromatic rings. The Bertz CT molecular complexity index is 695. The van der Waals surface area contributed by atoms with Crippen molar-refractivity contribution in [2.75, 3.05) is 18.4 Å². The van der Waals surface area contributed by atoms with E-state index in [0.717, 1.165) is 32.5 Å². The van der Waals surface area contributed by atoms with Gasteiger partial charge in [-0.15, -0.1) is 0 Å². The number of benzene rings is 2. The van der Waals surface area contributed by atoms with Gasteiger partial charge in [-0.3, -0.25) is 14.5 Å². The molecule has 130 valence electrons. The molecular formula is C20H23N3O2. The van der Waals surface area contributed by atoms with Gasteiger partial charge in [-0.1, -0.05) is 48.5 Å². The summed E-state index contributed by atoms with van der Waals surface area (Å²) in [7, 11) is 0. The number of likely N-dealkylation sites (tertiary alicyclic amines) is 1. The normalized spacial score (nSPS) is 15.5. The standard InChI is InChI=1S/C20H23N3O2/c24-19(21-17-9-5-2-6-10-17)20(25)22-18-11-13-23(14-12-18)15-16-7-3-1-4-8-16/h1-10,18H,11-15H2,(H,21,24)(H,22,25). The van der Waals surface area contributed by atoms with Gasteiger partial charge in [0, 0.05) is 31.4 Å². The van der Waals surface area contributed by atoms with Gasteiger partial charge in [0.15, 0.2) is 0 Å². The molecule has 0 unspecified atom stereocenters. The summed E-state index contributed by atoms with van der Waals surface area (Å²) in [6, 6.07) is 19.4. The largest absolute Gasteiger partial charge is 0.345 e. The molecule has 0 spiro atoms. The van der Waals surface area contributed by atoms with Crippen molar-refractivity contribution in [2.45, 2.75) is 25.4 Å². The first-order chi connectivity index (χ1) is 12.2. The van der Waals surface area contributed by atoms with Crippen LogP contribution in [0.2, 0.25) is 0 Å². The monoisotopic (exact) mass is 337 g/mol. The summed E-state index contributed by atoms with van der Waals surface area (Å²) < 4.78 is 0. The Morgan fingerprint density at radius 1 is 0.880 bits per heavy atom. The summed E-state index contributed by atoms with van der Waals surface area (Å²) in [6.45, 7) is 2.76. The quantitative estimate of drug-likeness (QED) is 0.842. The van der Waals surface area contributed by atoms with E-state index in [0.29, 0.717) is 5.69 Å². The maximum absolute atomic E-state index is 12.1. The number of nitrogens with one attached hydrogen (secondary N) is 2. The highest BCUT2D eigenvalue weighted by Gasteiger charge is 2.23. The molecule has 1 saturated heterocycles. The number of piperidine rings is 1. The van der Waals surface area contributed by atoms with Gasteiger partial charge in [0.05, 0.1) is 0 Å². The second-order valence-electron chi connectivity index (χ2n) is 6.33. The molecule has 0 radical (unpaired) electrons. The highest BCUT2D eigenvalue weighted by Crippen LogP contribution is 2.14. The van der Waals surface area contributed by atoms with Crippen LogP contribution in [-0.2, 0) is 16.1 Å². The molecular weight excluding hydrogens is 314 g/mol. The smallest absolute Gasteiger partial charge is 0.313 e. The van der Waals surface area contributed by atoms with Gasteiger partial charge in [0.1, 0.15) is 0 Å². The Morgan fingerprint density at radius 3 is 2.12 bits per heavy atom. The lowest BCUT2D eigenvalue weighted by molar-refractivity contribution is -0.136. The van der Waals surface area contributed by atoms with Crippen LogP contribution in [0.25, 0.3) is 0 Å². The summed E-state index contributed by atoms with van der Waals surface area (Å²) >= 11 is 0. The topological polar surface area (TPSA) is 61.4 Å². The second-order valence-corrected chi connectivity index (χ2v) is 6.33. The molecule has 1 aliphatic heterocycles. The Labute approximate surface area is 148 Å². The van der Waals surface area contributed by atoms with E-state index in [1.54, 1.807) is 12.1 Å². The zero-order chi connectivity index (χ0) is 17.5. The molecule has 0 bridgehead atoms. The maximum Gasteiger partial charge on any atom is 0.313 e. The molecule has 0 aromatic heterocycles. The lowest BCUT2D eigenvalue weighted by atomic mass is 10.0. The van der Waals surface area contributed by atoms with Crippen molar-refractivity contribution in [1.82, 2.24) is 10.2 Å². The number of carbonyl (C=O) groups excluding carboxylic acids is 2. The molecule has 5 nitrogen and oxygen atoms in total. The number of nitrogens with zero attached hydrogens (tertiary/aromatic N) is 1. The molecule has 2 N–H and O–H groups in total. The molecule has 2 amide bonds. The SMILES string of the molecule is O=C(Nc1ccccc1)C(=O)NC1CCN(Cc2ccccc2)CC1. The summed E-state index contributed by atoms with van der Waals surface area (Å²) in [5.74, 6) is -1.18. The van der Waals surface area contributed by atoms with Crippen molar-refractivity contribution in [3.63, 3.8) is 0 Å². The maximum atomic E-state index is 12.1. The molecule has 0 saturated carbocycles. The summed E-state index contributed by atoms with van der Waals surface area (Å²) in [5, 5.41) is 5.46. The van der Waals surface area contributed by atoms with Crippen LogP contribution in [0.15, 0.2) is 60.7 Å². The molecule has 5 heteroatoms. The predicted molar refractivity (Wildman–Crippen MR) is 98.0 cm³/mol. The highest BCUT2D eigenvalue weighted by atomic mass is 16.2. The van der Waals surface area contributed by atoms with E-state index in [9.17, 15) is 9.59 Å². The zero-order valence-electron chi connectivity index (χ0n) is 14.2. The molecule has 0 atom stereocenters. The number of para-hydroxylation sites is 1. The van der Waals surface area contributed by atoms with Gasteiger partial charge in [-0.2, -0.15) is 0 Å². The van der Waals surface area contributed by atoms with Crippen LogP contribution >= 0.6 is 0 Å². The Morgan fingerprint density at radius 2 is 1.48 bits per heavy atom. The van der Waals surface area contributed by atoms with Gasteiger partial charge >= 0.3 is 11.8 Å². The molecule has 3 rings (SSSR count). The average Bonchev–Trinajstić information content (AvgIpc) is 2.65. The van der Waals surface area contributed by atoms with Gasteiger partial charge in [0.2, 0.25) is 0 Å². The fourth-order valence-electron chi connectivity index (χ4n) is 3.04.